The van der Waals surface area contributed by atoms with Crippen molar-refractivity contribution in [2.75, 3.05) is 12.0 Å². The van der Waals surface area contributed by atoms with Gasteiger partial charge in [-0.15, -0.1) is 0 Å². The molecule has 7 rings (SSSR count). The Kier molecular flexibility index (Phi) is 4.15. The molecule has 0 saturated carbocycles. The Balaban J connectivity index is 1.55. The van der Waals surface area contributed by atoms with Crippen LogP contribution in [-0.4, -0.2) is 24.9 Å². The van der Waals surface area contributed by atoms with Gasteiger partial charge < -0.3 is 4.74 Å². The number of amides is 2. The summed E-state index contributed by atoms with van der Waals surface area (Å²) < 4.78 is 4.82. The highest BCUT2D eigenvalue weighted by Gasteiger charge is 2.66. The number of ether oxygens (including phenoxy) is 1. The van der Waals surface area contributed by atoms with E-state index >= 15 is 0 Å². The van der Waals surface area contributed by atoms with Gasteiger partial charge in [0.25, 0.3) is 0 Å². The number of hydrogen-bond acceptors (Lipinski definition) is 4. The number of anilines is 1. The zero-order chi connectivity index (χ0) is 23.1. The fourth-order valence-corrected chi connectivity index (χ4v) is 6.52. The summed E-state index contributed by atoms with van der Waals surface area (Å²) in [6, 6.07) is 20.8. The molecular formula is C27H20ClNO4. The number of carbonyl (C=O) groups excluding carboxylic acids is 3. The summed E-state index contributed by atoms with van der Waals surface area (Å²) in [4.78, 5) is 41.3. The highest BCUT2D eigenvalue weighted by molar-refractivity contribution is 6.34. The quantitative estimate of drug-likeness (QED) is 0.413. The molecule has 164 valence electrons. The van der Waals surface area contributed by atoms with E-state index in [-0.39, 0.29) is 28.3 Å². The van der Waals surface area contributed by atoms with Gasteiger partial charge in [0.2, 0.25) is 11.8 Å². The van der Waals surface area contributed by atoms with Gasteiger partial charge in [0.1, 0.15) is 0 Å². The minimum Gasteiger partial charge on any atom is -0.465 e. The maximum atomic E-state index is 14.0. The van der Waals surface area contributed by atoms with Crippen LogP contribution in [0, 0.1) is 11.8 Å². The number of benzene rings is 3. The van der Waals surface area contributed by atoms with Crippen LogP contribution in [0.25, 0.3) is 0 Å². The minimum atomic E-state index is -0.633. The molecule has 33 heavy (non-hydrogen) atoms. The number of nitrogens with zero attached hydrogens (tertiary/aromatic N) is 1. The van der Waals surface area contributed by atoms with E-state index in [2.05, 4.69) is 31.2 Å². The first-order valence-electron chi connectivity index (χ1n) is 10.8. The molecule has 2 amide bonds. The lowest BCUT2D eigenvalue weighted by molar-refractivity contribution is -0.123. The van der Waals surface area contributed by atoms with Crippen molar-refractivity contribution in [2.24, 2.45) is 11.8 Å². The number of hydrogen-bond donors (Lipinski definition) is 0. The van der Waals surface area contributed by atoms with Gasteiger partial charge in [-0.1, -0.05) is 67.1 Å². The van der Waals surface area contributed by atoms with Crippen LogP contribution in [0.15, 0.2) is 66.7 Å². The highest BCUT2D eigenvalue weighted by atomic mass is 35.5. The van der Waals surface area contributed by atoms with Gasteiger partial charge in [-0.05, 0) is 40.5 Å². The summed E-state index contributed by atoms with van der Waals surface area (Å²) in [5.74, 6) is -2.35. The average molecular weight is 458 g/mol. The highest BCUT2D eigenvalue weighted by Crippen LogP contribution is 2.64. The maximum Gasteiger partial charge on any atom is 0.339 e. The molecule has 3 aliphatic carbocycles. The predicted octanol–water partition coefficient (Wildman–Crippen LogP) is 4.70. The van der Waals surface area contributed by atoms with Gasteiger partial charge in [-0.25, -0.2) is 9.69 Å². The van der Waals surface area contributed by atoms with Crippen molar-refractivity contribution < 1.29 is 19.1 Å². The van der Waals surface area contributed by atoms with Crippen molar-refractivity contribution in [1.29, 1.82) is 0 Å². The minimum absolute atomic E-state index is 0.118. The summed E-state index contributed by atoms with van der Waals surface area (Å²) in [6.45, 7) is 2.08. The van der Waals surface area contributed by atoms with E-state index in [4.69, 9.17) is 16.3 Å². The normalized spacial score (nSPS) is 26.6. The van der Waals surface area contributed by atoms with Crippen LogP contribution in [0.4, 0.5) is 5.69 Å². The molecule has 6 heteroatoms. The fraction of sp³-hybridized carbons (Fsp3) is 0.222. The lowest BCUT2D eigenvalue weighted by Gasteiger charge is -2.52. The second-order valence-corrected chi connectivity index (χ2v) is 9.43. The van der Waals surface area contributed by atoms with Crippen LogP contribution >= 0.6 is 11.6 Å². The van der Waals surface area contributed by atoms with Crippen LogP contribution < -0.4 is 4.90 Å². The lowest BCUT2D eigenvalue weighted by atomic mass is 9.48. The second kappa shape index (κ2) is 6.78. The molecule has 4 aliphatic rings. The standard InChI is InChI=1S/C27H20ClNO4/c1-27-18-9-5-3-7-15(18)21(16-8-4-6-10-19(16)27)22-23(27)25(31)29(24(22)30)14-11-12-20(28)17(13-14)26(32)33-2/h3-13,21-23H,1-2H3/t21?,22-,23+,27?/m0/s1. The van der Waals surface area contributed by atoms with E-state index in [0.717, 1.165) is 22.3 Å². The van der Waals surface area contributed by atoms with E-state index < -0.39 is 23.2 Å². The molecule has 5 nitrogen and oxygen atoms in total. The van der Waals surface area contributed by atoms with Crippen molar-refractivity contribution >= 4 is 35.1 Å². The molecule has 0 spiro atoms. The summed E-state index contributed by atoms with van der Waals surface area (Å²) in [5, 5.41) is 0.203. The Morgan fingerprint density at radius 1 is 0.939 bits per heavy atom. The summed E-state index contributed by atoms with van der Waals surface area (Å²) in [6.07, 6.45) is 0. The molecule has 1 heterocycles. The Hall–Kier alpha value is -3.44. The number of methoxy groups -OCH3 is 1. The van der Waals surface area contributed by atoms with Crippen LogP contribution in [0.3, 0.4) is 0 Å². The molecule has 2 atom stereocenters. The third-order valence-corrected chi connectivity index (χ3v) is 7.99. The fourth-order valence-electron chi connectivity index (χ4n) is 6.32. The Labute approximate surface area is 195 Å². The molecule has 0 radical (unpaired) electrons. The first-order valence-corrected chi connectivity index (χ1v) is 11.2. The number of halogens is 1. The molecule has 0 N–H and O–H groups in total. The average Bonchev–Trinajstić information content (AvgIpc) is 3.11. The van der Waals surface area contributed by atoms with Crippen molar-refractivity contribution in [2.45, 2.75) is 18.3 Å². The maximum absolute atomic E-state index is 14.0. The molecule has 1 saturated heterocycles. The summed E-state index contributed by atoms with van der Waals surface area (Å²) in [5.41, 5.74) is 4.23. The molecule has 3 aromatic rings. The largest absolute Gasteiger partial charge is 0.465 e. The van der Waals surface area contributed by atoms with E-state index in [1.165, 1.54) is 24.1 Å². The van der Waals surface area contributed by atoms with Gasteiger partial charge >= 0.3 is 5.97 Å². The third kappa shape index (κ3) is 2.40. The zero-order valence-corrected chi connectivity index (χ0v) is 18.8. The first kappa shape index (κ1) is 20.2. The zero-order valence-electron chi connectivity index (χ0n) is 18.0. The van der Waals surface area contributed by atoms with Gasteiger partial charge in [0.15, 0.2) is 0 Å². The van der Waals surface area contributed by atoms with E-state index in [1.807, 2.05) is 24.3 Å². The van der Waals surface area contributed by atoms with E-state index in [9.17, 15) is 14.4 Å². The SMILES string of the molecule is COC(=O)c1cc(N2C(=O)[C@H]3C4c5ccccc5C(C)(c5ccccc54)[C@H]3C2=O)ccc1Cl. The van der Waals surface area contributed by atoms with Gasteiger partial charge in [-0.3, -0.25) is 9.59 Å². The smallest absolute Gasteiger partial charge is 0.339 e. The summed E-state index contributed by atoms with van der Waals surface area (Å²) >= 11 is 6.18. The van der Waals surface area contributed by atoms with Gasteiger partial charge in [0, 0.05) is 11.3 Å². The predicted molar refractivity (Wildman–Crippen MR) is 123 cm³/mol. The molecular weight excluding hydrogens is 438 g/mol. The number of rotatable bonds is 2. The van der Waals surface area contributed by atoms with E-state index in [0.29, 0.717) is 5.69 Å². The summed E-state index contributed by atoms with van der Waals surface area (Å²) in [7, 11) is 1.26. The molecule has 0 unspecified atom stereocenters. The van der Waals surface area contributed by atoms with Crippen molar-refractivity contribution in [1.82, 2.24) is 0 Å². The van der Waals surface area contributed by atoms with Crippen molar-refractivity contribution in [3.05, 3.63) is 99.6 Å². The topological polar surface area (TPSA) is 63.7 Å². The molecule has 0 aromatic heterocycles. The third-order valence-electron chi connectivity index (χ3n) is 7.66. The monoisotopic (exact) mass is 457 g/mol. The van der Waals surface area contributed by atoms with Crippen LogP contribution in [0.2, 0.25) is 5.02 Å². The Bertz CT molecular complexity index is 1330. The van der Waals surface area contributed by atoms with E-state index in [1.54, 1.807) is 6.07 Å². The molecule has 3 aromatic carbocycles. The second-order valence-electron chi connectivity index (χ2n) is 9.03. The number of carbonyl (C=O) groups is 3. The molecule has 1 fully saturated rings. The van der Waals surface area contributed by atoms with Gasteiger partial charge in [-0.2, -0.15) is 0 Å². The Morgan fingerprint density at radius 3 is 2.15 bits per heavy atom. The van der Waals surface area contributed by atoms with Crippen LogP contribution in [0.5, 0.6) is 0 Å². The lowest BCUT2D eigenvalue weighted by Crippen LogP contribution is -2.51. The Morgan fingerprint density at radius 2 is 1.55 bits per heavy atom. The number of esters is 1. The first-order chi connectivity index (χ1) is 15.9. The van der Waals surface area contributed by atoms with Crippen molar-refractivity contribution in [3.8, 4) is 0 Å². The van der Waals surface area contributed by atoms with Crippen molar-refractivity contribution in [3.63, 3.8) is 0 Å². The van der Waals surface area contributed by atoms with Gasteiger partial charge in [0.05, 0.1) is 35.2 Å². The molecule has 2 bridgehead atoms. The number of imide groups is 1. The molecule has 1 aliphatic heterocycles. The van der Waals surface area contributed by atoms with Crippen LogP contribution in [-0.2, 0) is 19.7 Å². The van der Waals surface area contributed by atoms with Crippen LogP contribution in [0.1, 0.15) is 45.5 Å².